The summed E-state index contributed by atoms with van der Waals surface area (Å²) in [4.78, 5) is 10.6. The van der Waals surface area contributed by atoms with E-state index < -0.39 is 12.0 Å². The Hall–Kier alpha value is -0.610. The molecule has 0 radical (unpaired) electrons. The topological polar surface area (TPSA) is 58.6 Å². The van der Waals surface area contributed by atoms with Gasteiger partial charge in [-0.25, -0.2) is 0 Å². The molecule has 0 unspecified atom stereocenters. The maximum Gasteiger partial charge on any atom is 0.320 e. The van der Waals surface area contributed by atoms with Gasteiger partial charge < -0.3 is 15.2 Å². The molecule has 13 heavy (non-hydrogen) atoms. The van der Waals surface area contributed by atoms with Crippen molar-refractivity contribution in [1.29, 1.82) is 0 Å². The van der Waals surface area contributed by atoms with Crippen LogP contribution < -0.4 is 5.32 Å². The van der Waals surface area contributed by atoms with Gasteiger partial charge in [0.25, 0.3) is 0 Å². The highest BCUT2D eigenvalue weighted by atomic mass is 16.5. The summed E-state index contributed by atoms with van der Waals surface area (Å²) < 4.78 is 5.37. The summed E-state index contributed by atoms with van der Waals surface area (Å²) in [5, 5.41) is 11.7. The van der Waals surface area contributed by atoms with Crippen LogP contribution in [0.25, 0.3) is 0 Å². The zero-order chi connectivity index (χ0) is 9.68. The second kappa shape index (κ2) is 5.19. The van der Waals surface area contributed by atoms with Crippen molar-refractivity contribution >= 4 is 5.97 Å². The Morgan fingerprint density at radius 1 is 1.77 bits per heavy atom. The minimum Gasteiger partial charge on any atom is -0.480 e. The van der Waals surface area contributed by atoms with Crippen molar-refractivity contribution in [3.05, 3.63) is 0 Å². The SMILES string of the molecule is CC[C@@H](NC[C@H]1CCCO1)C(=O)O. The molecular formula is C9H17NO3. The molecule has 2 atom stereocenters. The van der Waals surface area contributed by atoms with E-state index in [1.807, 2.05) is 6.92 Å². The molecule has 1 rings (SSSR count). The Balaban J connectivity index is 2.18. The molecule has 1 aliphatic heterocycles. The monoisotopic (exact) mass is 187 g/mol. The second-order valence-corrected chi connectivity index (χ2v) is 3.34. The van der Waals surface area contributed by atoms with E-state index in [0.717, 1.165) is 19.4 Å². The first-order chi connectivity index (χ1) is 6.24. The average Bonchev–Trinajstić information content (AvgIpc) is 2.57. The standard InChI is InChI=1S/C9H17NO3/c1-2-8(9(11)12)10-6-7-4-3-5-13-7/h7-8,10H,2-6H2,1H3,(H,11,12)/t7-,8-/m1/s1. The van der Waals surface area contributed by atoms with Crippen LogP contribution in [0.3, 0.4) is 0 Å². The van der Waals surface area contributed by atoms with Gasteiger partial charge in [-0.3, -0.25) is 4.79 Å². The van der Waals surface area contributed by atoms with Crippen LogP contribution in [0, 0.1) is 0 Å². The van der Waals surface area contributed by atoms with Gasteiger partial charge in [-0.05, 0) is 19.3 Å². The van der Waals surface area contributed by atoms with Crippen molar-refractivity contribution in [3.8, 4) is 0 Å². The largest absolute Gasteiger partial charge is 0.480 e. The lowest BCUT2D eigenvalue weighted by Crippen LogP contribution is -2.40. The van der Waals surface area contributed by atoms with Gasteiger partial charge in [0.1, 0.15) is 6.04 Å². The Labute approximate surface area is 78.3 Å². The predicted octanol–water partition coefficient (Wildman–Crippen LogP) is 0.618. The van der Waals surface area contributed by atoms with E-state index in [1.165, 1.54) is 0 Å². The number of carboxylic acid groups (broad SMARTS) is 1. The van der Waals surface area contributed by atoms with Crippen LogP contribution in [0.4, 0.5) is 0 Å². The predicted molar refractivity (Wildman–Crippen MR) is 48.7 cm³/mol. The summed E-state index contributed by atoms with van der Waals surface area (Å²) >= 11 is 0. The first-order valence-electron chi connectivity index (χ1n) is 4.81. The fourth-order valence-corrected chi connectivity index (χ4v) is 1.49. The first-order valence-corrected chi connectivity index (χ1v) is 4.81. The molecule has 1 aliphatic rings. The molecule has 0 saturated carbocycles. The van der Waals surface area contributed by atoms with E-state index in [4.69, 9.17) is 9.84 Å². The van der Waals surface area contributed by atoms with Crippen molar-refractivity contribution in [2.75, 3.05) is 13.2 Å². The maximum absolute atomic E-state index is 10.6. The molecule has 4 heteroatoms. The van der Waals surface area contributed by atoms with Crippen molar-refractivity contribution in [2.24, 2.45) is 0 Å². The molecule has 0 aromatic heterocycles. The molecule has 1 heterocycles. The van der Waals surface area contributed by atoms with Gasteiger partial charge in [0, 0.05) is 13.2 Å². The van der Waals surface area contributed by atoms with Crippen LogP contribution in [0.5, 0.6) is 0 Å². The molecular weight excluding hydrogens is 170 g/mol. The van der Waals surface area contributed by atoms with Gasteiger partial charge in [0.2, 0.25) is 0 Å². The number of nitrogens with one attached hydrogen (secondary N) is 1. The third-order valence-corrected chi connectivity index (χ3v) is 2.32. The van der Waals surface area contributed by atoms with E-state index in [1.54, 1.807) is 0 Å². The molecule has 0 aliphatic carbocycles. The van der Waals surface area contributed by atoms with Crippen LogP contribution in [0.15, 0.2) is 0 Å². The van der Waals surface area contributed by atoms with E-state index in [-0.39, 0.29) is 6.10 Å². The minimum absolute atomic E-state index is 0.216. The molecule has 0 aromatic carbocycles. The van der Waals surface area contributed by atoms with Crippen molar-refractivity contribution in [1.82, 2.24) is 5.32 Å². The van der Waals surface area contributed by atoms with Crippen LogP contribution in [0.2, 0.25) is 0 Å². The highest BCUT2D eigenvalue weighted by Gasteiger charge is 2.19. The number of ether oxygens (including phenoxy) is 1. The number of carboxylic acids is 1. The van der Waals surface area contributed by atoms with Crippen LogP contribution in [0.1, 0.15) is 26.2 Å². The molecule has 0 aromatic rings. The smallest absolute Gasteiger partial charge is 0.320 e. The highest BCUT2D eigenvalue weighted by Crippen LogP contribution is 2.10. The number of rotatable bonds is 5. The maximum atomic E-state index is 10.6. The molecule has 1 saturated heterocycles. The van der Waals surface area contributed by atoms with E-state index in [9.17, 15) is 4.79 Å². The zero-order valence-corrected chi connectivity index (χ0v) is 7.95. The minimum atomic E-state index is -0.777. The highest BCUT2D eigenvalue weighted by molar-refractivity contribution is 5.73. The van der Waals surface area contributed by atoms with Gasteiger partial charge in [-0.1, -0.05) is 6.92 Å². The lowest BCUT2D eigenvalue weighted by atomic mass is 10.2. The number of hydrogen-bond donors (Lipinski definition) is 2. The quantitative estimate of drug-likeness (QED) is 0.662. The van der Waals surface area contributed by atoms with Gasteiger partial charge >= 0.3 is 5.97 Å². The van der Waals surface area contributed by atoms with Gasteiger partial charge in [0.05, 0.1) is 6.10 Å². The summed E-state index contributed by atoms with van der Waals surface area (Å²) in [6, 6.07) is -0.427. The average molecular weight is 187 g/mol. The molecule has 0 bridgehead atoms. The third kappa shape index (κ3) is 3.32. The molecule has 76 valence electrons. The third-order valence-electron chi connectivity index (χ3n) is 2.32. The van der Waals surface area contributed by atoms with Gasteiger partial charge in [0.15, 0.2) is 0 Å². The Morgan fingerprint density at radius 3 is 3.00 bits per heavy atom. The summed E-state index contributed by atoms with van der Waals surface area (Å²) in [5.74, 6) is -0.777. The Kier molecular flexibility index (Phi) is 4.18. The fourth-order valence-electron chi connectivity index (χ4n) is 1.49. The lowest BCUT2D eigenvalue weighted by Gasteiger charge is -2.15. The molecule has 0 spiro atoms. The summed E-state index contributed by atoms with van der Waals surface area (Å²) in [6.45, 7) is 3.34. The number of hydrogen-bond acceptors (Lipinski definition) is 3. The normalized spacial score (nSPS) is 24.5. The van der Waals surface area contributed by atoms with Gasteiger partial charge in [-0.15, -0.1) is 0 Å². The van der Waals surface area contributed by atoms with E-state index >= 15 is 0 Å². The molecule has 0 amide bonds. The van der Waals surface area contributed by atoms with E-state index in [0.29, 0.717) is 13.0 Å². The van der Waals surface area contributed by atoms with Crippen LogP contribution in [-0.4, -0.2) is 36.4 Å². The fraction of sp³-hybridized carbons (Fsp3) is 0.889. The van der Waals surface area contributed by atoms with Crippen LogP contribution >= 0.6 is 0 Å². The zero-order valence-electron chi connectivity index (χ0n) is 7.95. The summed E-state index contributed by atoms with van der Waals surface area (Å²) in [5.41, 5.74) is 0. The van der Waals surface area contributed by atoms with Crippen LogP contribution in [-0.2, 0) is 9.53 Å². The lowest BCUT2D eigenvalue weighted by molar-refractivity contribution is -0.139. The molecule has 4 nitrogen and oxygen atoms in total. The molecule has 1 fully saturated rings. The number of carbonyl (C=O) groups is 1. The Bertz CT molecular complexity index is 166. The summed E-state index contributed by atoms with van der Waals surface area (Å²) in [6.07, 6.45) is 2.97. The number of aliphatic carboxylic acids is 1. The van der Waals surface area contributed by atoms with Gasteiger partial charge in [-0.2, -0.15) is 0 Å². The van der Waals surface area contributed by atoms with Crippen molar-refractivity contribution in [3.63, 3.8) is 0 Å². The van der Waals surface area contributed by atoms with E-state index in [2.05, 4.69) is 5.32 Å². The Morgan fingerprint density at radius 2 is 2.54 bits per heavy atom. The second-order valence-electron chi connectivity index (χ2n) is 3.34. The summed E-state index contributed by atoms with van der Waals surface area (Å²) in [7, 11) is 0. The van der Waals surface area contributed by atoms with Crippen molar-refractivity contribution in [2.45, 2.75) is 38.3 Å². The molecule has 2 N–H and O–H groups in total. The first kappa shape index (κ1) is 10.5. The van der Waals surface area contributed by atoms with Crippen molar-refractivity contribution < 1.29 is 14.6 Å².